The Morgan fingerprint density at radius 2 is 1.83 bits per heavy atom. The second kappa shape index (κ2) is 6.75. The van der Waals surface area contributed by atoms with E-state index in [9.17, 15) is 4.79 Å². The quantitative estimate of drug-likeness (QED) is 0.482. The van der Waals surface area contributed by atoms with E-state index < -0.39 is 5.97 Å². The first-order valence-corrected chi connectivity index (χ1v) is 7.19. The Bertz CT molecular complexity index is 791. The smallest absolute Gasteiger partial charge is 0.368 e. The molecule has 114 valence electrons. The number of oxime groups is 1. The molecule has 4 nitrogen and oxygen atoms in total. The molecule has 0 saturated carbocycles. The van der Waals surface area contributed by atoms with Gasteiger partial charge in [0.1, 0.15) is 18.1 Å². The maximum absolute atomic E-state index is 12.0. The third-order valence-corrected chi connectivity index (χ3v) is 3.32. The number of hydrogen-bond acceptors (Lipinski definition) is 4. The molecule has 1 aliphatic rings. The second-order valence-corrected chi connectivity index (χ2v) is 4.88. The lowest BCUT2D eigenvalue weighted by Gasteiger charge is -2.07. The van der Waals surface area contributed by atoms with Crippen molar-refractivity contribution in [2.75, 3.05) is 6.61 Å². The summed E-state index contributed by atoms with van der Waals surface area (Å²) in [5, 5.41) is 3.90. The van der Waals surface area contributed by atoms with E-state index in [1.165, 1.54) is 0 Å². The number of rotatable bonds is 5. The summed E-state index contributed by atoms with van der Waals surface area (Å²) in [6.07, 6.45) is 3.41. The highest BCUT2D eigenvalue weighted by atomic mass is 16.7. The van der Waals surface area contributed by atoms with Gasteiger partial charge in [-0.25, -0.2) is 4.79 Å². The molecule has 0 atom stereocenters. The molecule has 0 spiro atoms. The first-order chi connectivity index (χ1) is 11.3. The Morgan fingerprint density at radius 1 is 1.09 bits per heavy atom. The fourth-order valence-electron chi connectivity index (χ4n) is 2.25. The molecule has 0 aromatic heterocycles. The van der Waals surface area contributed by atoms with Crippen LogP contribution in [0.4, 0.5) is 0 Å². The summed E-state index contributed by atoms with van der Waals surface area (Å²) in [5.41, 5.74) is 2.54. The highest BCUT2D eigenvalue weighted by molar-refractivity contribution is 6.31. The van der Waals surface area contributed by atoms with Crippen LogP contribution in [0.3, 0.4) is 0 Å². The number of benzene rings is 2. The molecule has 0 unspecified atom stereocenters. The summed E-state index contributed by atoms with van der Waals surface area (Å²) in [6.45, 7) is 4.03. The summed E-state index contributed by atoms with van der Waals surface area (Å²) in [4.78, 5) is 16.9. The van der Waals surface area contributed by atoms with E-state index in [1.54, 1.807) is 12.2 Å². The molecule has 0 radical (unpaired) electrons. The van der Waals surface area contributed by atoms with Gasteiger partial charge >= 0.3 is 5.97 Å². The summed E-state index contributed by atoms with van der Waals surface area (Å²) >= 11 is 0. The van der Waals surface area contributed by atoms with Crippen LogP contribution in [0.15, 0.2) is 78.0 Å². The van der Waals surface area contributed by atoms with Gasteiger partial charge in [-0.2, -0.15) is 0 Å². The predicted octanol–water partition coefficient (Wildman–Crippen LogP) is 3.60. The molecular weight excluding hydrogens is 290 g/mol. The standard InChI is InChI=1S/C19H15NO3/c1-2-12-22-17-11-7-6-10-15(17)13-16-18(20-23-19(16)21)14-8-4-3-5-9-14/h2-11,13H,1,12H2/b16-13-. The van der Waals surface area contributed by atoms with E-state index in [0.29, 0.717) is 23.6 Å². The molecule has 2 aromatic rings. The van der Waals surface area contributed by atoms with Gasteiger partial charge in [-0.3, -0.25) is 0 Å². The third kappa shape index (κ3) is 3.21. The van der Waals surface area contributed by atoms with Crippen molar-refractivity contribution in [2.24, 2.45) is 5.16 Å². The van der Waals surface area contributed by atoms with Gasteiger partial charge in [-0.05, 0) is 12.1 Å². The number of carbonyl (C=O) groups is 1. The van der Waals surface area contributed by atoms with Gasteiger partial charge in [-0.1, -0.05) is 66.3 Å². The highest BCUT2D eigenvalue weighted by Crippen LogP contribution is 2.25. The van der Waals surface area contributed by atoms with E-state index in [0.717, 1.165) is 11.1 Å². The number of para-hydroxylation sites is 1. The van der Waals surface area contributed by atoms with Crippen LogP contribution in [0.1, 0.15) is 11.1 Å². The van der Waals surface area contributed by atoms with E-state index in [1.807, 2.05) is 54.6 Å². The minimum Gasteiger partial charge on any atom is -0.489 e. The zero-order valence-corrected chi connectivity index (χ0v) is 12.4. The molecule has 23 heavy (non-hydrogen) atoms. The van der Waals surface area contributed by atoms with Gasteiger partial charge in [-0.15, -0.1) is 0 Å². The molecule has 0 bridgehead atoms. The number of carbonyl (C=O) groups excluding carboxylic acids is 1. The molecule has 2 aromatic carbocycles. The molecular formula is C19H15NO3. The predicted molar refractivity (Wildman–Crippen MR) is 89.2 cm³/mol. The van der Waals surface area contributed by atoms with Gasteiger partial charge in [0.25, 0.3) is 0 Å². The minimum absolute atomic E-state index is 0.393. The van der Waals surface area contributed by atoms with Crippen LogP contribution >= 0.6 is 0 Å². The lowest BCUT2D eigenvalue weighted by atomic mass is 10.0. The SMILES string of the molecule is C=CCOc1ccccc1/C=C1\C(=O)ON=C1c1ccccc1. The zero-order chi connectivity index (χ0) is 16.1. The lowest BCUT2D eigenvalue weighted by Crippen LogP contribution is -2.07. The summed E-state index contributed by atoms with van der Waals surface area (Å²) in [5.74, 6) is 0.203. The van der Waals surface area contributed by atoms with Crippen LogP contribution in [0.25, 0.3) is 6.08 Å². The Balaban J connectivity index is 1.99. The van der Waals surface area contributed by atoms with Gasteiger partial charge < -0.3 is 9.57 Å². The average Bonchev–Trinajstić information content (AvgIpc) is 2.96. The van der Waals surface area contributed by atoms with Crippen LogP contribution < -0.4 is 4.74 Å². The largest absolute Gasteiger partial charge is 0.489 e. The Labute approximate surface area is 134 Å². The highest BCUT2D eigenvalue weighted by Gasteiger charge is 2.27. The van der Waals surface area contributed by atoms with Crippen molar-refractivity contribution in [3.8, 4) is 5.75 Å². The maximum atomic E-state index is 12.0. The first kappa shape index (κ1) is 14.8. The van der Waals surface area contributed by atoms with Crippen LogP contribution in [-0.4, -0.2) is 18.3 Å². The van der Waals surface area contributed by atoms with Crippen LogP contribution in [0, 0.1) is 0 Å². The Kier molecular flexibility index (Phi) is 4.34. The summed E-state index contributed by atoms with van der Waals surface area (Å²) in [6, 6.07) is 16.9. The minimum atomic E-state index is -0.470. The molecule has 4 heteroatoms. The van der Waals surface area contributed by atoms with Gasteiger partial charge in [0.15, 0.2) is 0 Å². The summed E-state index contributed by atoms with van der Waals surface area (Å²) < 4.78 is 5.62. The lowest BCUT2D eigenvalue weighted by molar-refractivity contribution is -0.136. The van der Waals surface area contributed by atoms with Crippen LogP contribution in [0.5, 0.6) is 5.75 Å². The molecule has 0 saturated heterocycles. The molecule has 0 amide bonds. The number of ether oxygens (including phenoxy) is 1. The maximum Gasteiger partial charge on any atom is 0.368 e. The zero-order valence-electron chi connectivity index (χ0n) is 12.4. The van der Waals surface area contributed by atoms with E-state index in [4.69, 9.17) is 9.57 Å². The monoisotopic (exact) mass is 305 g/mol. The van der Waals surface area contributed by atoms with Crippen molar-refractivity contribution < 1.29 is 14.4 Å². The van der Waals surface area contributed by atoms with Gasteiger partial charge in [0.05, 0.1) is 5.57 Å². The first-order valence-electron chi connectivity index (χ1n) is 7.19. The van der Waals surface area contributed by atoms with E-state index in [2.05, 4.69) is 11.7 Å². The normalized spacial score (nSPS) is 15.2. The molecule has 3 rings (SSSR count). The van der Waals surface area contributed by atoms with Crippen molar-refractivity contribution in [1.29, 1.82) is 0 Å². The number of nitrogens with zero attached hydrogens (tertiary/aromatic N) is 1. The molecule has 0 fully saturated rings. The fraction of sp³-hybridized carbons (Fsp3) is 0.0526. The average molecular weight is 305 g/mol. The fourth-order valence-corrected chi connectivity index (χ4v) is 2.25. The molecule has 0 aliphatic carbocycles. The molecule has 1 aliphatic heterocycles. The van der Waals surface area contributed by atoms with E-state index in [-0.39, 0.29) is 0 Å². The Morgan fingerprint density at radius 3 is 2.61 bits per heavy atom. The van der Waals surface area contributed by atoms with Crippen molar-refractivity contribution >= 4 is 17.8 Å². The third-order valence-electron chi connectivity index (χ3n) is 3.32. The topological polar surface area (TPSA) is 47.9 Å². The van der Waals surface area contributed by atoms with Gasteiger partial charge in [0.2, 0.25) is 0 Å². The van der Waals surface area contributed by atoms with Crippen molar-refractivity contribution in [3.63, 3.8) is 0 Å². The molecule has 1 heterocycles. The molecule has 0 N–H and O–H groups in total. The van der Waals surface area contributed by atoms with Crippen LogP contribution in [-0.2, 0) is 9.63 Å². The Hall–Kier alpha value is -3.14. The van der Waals surface area contributed by atoms with E-state index >= 15 is 0 Å². The summed E-state index contributed by atoms with van der Waals surface area (Å²) in [7, 11) is 0. The van der Waals surface area contributed by atoms with Gasteiger partial charge in [0, 0.05) is 11.1 Å². The van der Waals surface area contributed by atoms with Crippen molar-refractivity contribution in [3.05, 3.63) is 84.0 Å². The number of hydrogen-bond donors (Lipinski definition) is 0. The van der Waals surface area contributed by atoms with Crippen molar-refractivity contribution in [1.82, 2.24) is 0 Å². The van der Waals surface area contributed by atoms with Crippen LogP contribution in [0.2, 0.25) is 0 Å². The second-order valence-electron chi connectivity index (χ2n) is 4.88. The van der Waals surface area contributed by atoms with Crippen molar-refractivity contribution in [2.45, 2.75) is 0 Å².